The lowest BCUT2D eigenvalue weighted by Crippen LogP contribution is -2.38. The maximum atomic E-state index is 12.1. The van der Waals surface area contributed by atoms with Crippen LogP contribution < -0.4 is 4.31 Å². The van der Waals surface area contributed by atoms with E-state index in [1.165, 1.54) is 0 Å². The minimum atomic E-state index is -3.14. The fourth-order valence-corrected chi connectivity index (χ4v) is 3.69. The van der Waals surface area contributed by atoms with Gasteiger partial charge in [-0.3, -0.25) is 4.31 Å². The summed E-state index contributed by atoms with van der Waals surface area (Å²) >= 11 is 0. The molecular weight excluding hydrogens is 222 g/mol. The molecule has 0 aromatic heterocycles. The summed E-state index contributed by atoms with van der Waals surface area (Å²) in [5.41, 5.74) is 2.02. The molecule has 0 bridgehead atoms. The van der Waals surface area contributed by atoms with E-state index in [1.807, 2.05) is 31.2 Å². The maximum absolute atomic E-state index is 12.1. The molecule has 1 heterocycles. The van der Waals surface area contributed by atoms with Gasteiger partial charge < -0.3 is 0 Å². The van der Waals surface area contributed by atoms with E-state index in [4.69, 9.17) is 0 Å². The summed E-state index contributed by atoms with van der Waals surface area (Å²) in [5.74, 6) is 0.165. The van der Waals surface area contributed by atoms with E-state index in [0.717, 1.165) is 24.1 Å². The van der Waals surface area contributed by atoms with Crippen molar-refractivity contribution in [1.82, 2.24) is 0 Å². The molecule has 1 atom stereocenters. The average Bonchev–Trinajstić information content (AvgIpc) is 2.67. The minimum absolute atomic E-state index is 0.0994. The van der Waals surface area contributed by atoms with Crippen LogP contribution in [0.2, 0.25) is 0 Å². The van der Waals surface area contributed by atoms with Gasteiger partial charge in [-0.1, -0.05) is 25.1 Å². The first-order valence-corrected chi connectivity index (χ1v) is 7.31. The lowest BCUT2D eigenvalue weighted by molar-refractivity contribution is 0.576. The standard InChI is InChI=1S/C12H17NO2S/c1-3-11-9-10-7-5-6-8-12(10)13(11)16(14,15)4-2/h5-8,11H,3-4,9H2,1-2H3/t11-/m1/s1. The first-order chi connectivity index (χ1) is 7.60. The third-order valence-corrected chi connectivity index (χ3v) is 4.98. The van der Waals surface area contributed by atoms with Crippen LogP contribution in [-0.2, 0) is 16.4 Å². The molecule has 1 aliphatic rings. The Bertz CT molecular complexity index is 482. The number of fused-ring (bicyclic) bond motifs is 1. The molecule has 1 aromatic carbocycles. The smallest absolute Gasteiger partial charge is 0.235 e. The second-order valence-corrected chi connectivity index (χ2v) is 6.23. The summed E-state index contributed by atoms with van der Waals surface area (Å²) in [5, 5.41) is 0. The maximum Gasteiger partial charge on any atom is 0.235 e. The van der Waals surface area contributed by atoms with Gasteiger partial charge in [0.1, 0.15) is 0 Å². The predicted molar refractivity (Wildman–Crippen MR) is 66.2 cm³/mol. The van der Waals surface area contributed by atoms with Crippen molar-refractivity contribution in [1.29, 1.82) is 0 Å². The number of sulfonamides is 1. The first kappa shape index (κ1) is 11.5. The van der Waals surface area contributed by atoms with Gasteiger partial charge in [-0.25, -0.2) is 8.42 Å². The monoisotopic (exact) mass is 239 g/mol. The second-order valence-electron chi connectivity index (χ2n) is 4.09. The van der Waals surface area contributed by atoms with Crippen molar-refractivity contribution in [2.75, 3.05) is 10.1 Å². The number of benzene rings is 1. The van der Waals surface area contributed by atoms with Crippen molar-refractivity contribution in [3.8, 4) is 0 Å². The number of hydrogen-bond donors (Lipinski definition) is 0. The van der Waals surface area contributed by atoms with Crippen molar-refractivity contribution in [2.45, 2.75) is 32.7 Å². The van der Waals surface area contributed by atoms with Gasteiger partial charge in [-0.15, -0.1) is 0 Å². The predicted octanol–water partition coefficient (Wildman–Crippen LogP) is 2.18. The summed E-state index contributed by atoms with van der Waals surface area (Å²) in [6, 6.07) is 7.88. The molecule has 0 spiro atoms. The summed E-state index contributed by atoms with van der Waals surface area (Å²) in [7, 11) is -3.14. The summed E-state index contributed by atoms with van der Waals surface area (Å²) in [6.07, 6.45) is 1.69. The van der Waals surface area contributed by atoms with Crippen molar-refractivity contribution < 1.29 is 8.42 Å². The highest BCUT2D eigenvalue weighted by molar-refractivity contribution is 7.92. The van der Waals surface area contributed by atoms with Crippen molar-refractivity contribution >= 4 is 15.7 Å². The van der Waals surface area contributed by atoms with Crippen LogP contribution in [0.5, 0.6) is 0 Å². The number of rotatable bonds is 3. The molecule has 1 aromatic rings. The van der Waals surface area contributed by atoms with Crippen molar-refractivity contribution in [2.24, 2.45) is 0 Å². The number of anilines is 1. The third kappa shape index (κ3) is 1.71. The van der Waals surface area contributed by atoms with Gasteiger partial charge in [0, 0.05) is 6.04 Å². The molecule has 0 fully saturated rings. The normalized spacial score (nSPS) is 19.9. The Morgan fingerprint density at radius 2 is 2.00 bits per heavy atom. The second kappa shape index (κ2) is 4.09. The van der Waals surface area contributed by atoms with Crippen LogP contribution in [-0.4, -0.2) is 20.2 Å². The Balaban J connectivity index is 2.50. The number of hydrogen-bond acceptors (Lipinski definition) is 2. The van der Waals surface area contributed by atoms with Gasteiger partial charge in [0.15, 0.2) is 0 Å². The molecule has 16 heavy (non-hydrogen) atoms. The molecule has 0 aliphatic carbocycles. The molecule has 0 saturated heterocycles. The Morgan fingerprint density at radius 1 is 1.31 bits per heavy atom. The van der Waals surface area contributed by atoms with E-state index < -0.39 is 10.0 Å². The zero-order valence-electron chi connectivity index (χ0n) is 9.68. The molecule has 0 unspecified atom stereocenters. The summed E-state index contributed by atoms with van der Waals surface area (Å²) in [6.45, 7) is 3.73. The van der Waals surface area contributed by atoms with E-state index in [0.29, 0.717) is 0 Å². The molecule has 0 N–H and O–H groups in total. The summed E-state index contributed by atoms with van der Waals surface area (Å²) in [4.78, 5) is 0. The summed E-state index contributed by atoms with van der Waals surface area (Å²) < 4.78 is 25.7. The molecule has 1 aliphatic heterocycles. The van der Waals surface area contributed by atoms with Gasteiger partial charge >= 0.3 is 0 Å². The Morgan fingerprint density at radius 3 is 2.62 bits per heavy atom. The zero-order chi connectivity index (χ0) is 11.8. The highest BCUT2D eigenvalue weighted by atomic mass is 32.2. The minimum Gasteiger partial charge on any atom is -0.267 e. The van der Waals surface area contributed by atoms with Crippen LogP contribution in [0.15, 0.2) is 24.3 Å². The molecular formula is C12H17NO2S. The van der Waals surface area contributed by atoms with Crippen LogP contribution >= 0.6 is 0 Å². The highest BCUT2D eigenvalue weighted by Crippen LogP contribution is 2.35. The van der Waals surface area contributed by atoms with Gasteiger partial charge in [0.05, 0.1) is 11.4 Å². The SMILES string of the molecule is CC[C@@H]1Cc2ccccc2N1S(=O)(=O)CC. The van der Waals surface area contributed by atoms with Crippen LogP contribution in [0.3, 0.4) is 0 Å². The van der Waals surface area contributed by atoms with E-state index >= 15 is 0 Å². The van der Waals surface area contributed by atoms with Gasteiger partial charge in [-0.2, -0.15) is 0 Å². The Kier molecular flexibility index (Phi) is 2.93. The third-order valence-electron chi connectivity index (χ3n) is 3.15. The molecule has 4 heteroatoms. The van der Waals surface area contributed by atoms with Gasteiger partial charge in [0.2, 0.25) is 10.0 Å². The highest BCUT2D eigenvalue weighted by Gasteiger charge is 2.34. The van der Waals surface area contributed by atoms with Crippen molar-refractivity contribution in [3.63, 3.8) is 0 Å². The topological polar surface area (TPSA) is 37.4 Å². The fourth-order valence-electron chi connectivity index (χ4n) is 2.26. The molecule has 0 saturated carbocycles. The first-order valence-electron chi connectivity index (χ1n) is 5.70. The van der Waals surface area contributed by atoms with E-state index in [-0.39, 0.29) is 11.8 Å². The van der Waals surface area contributed by atoms with Crippen molar-refractivity contribution in [3.05, 3.63) is 29.8 Å². The fraction of sp³-hybridized carbons (Fsp3) is 0.500. The van der Waals surface area contributed by atoms with E-state index in [2.05, 4.69) is 0 Å². The largest absolute Gasteiger partial charge is 0.267 e. The van der Waals surface area contributed by atoms with Crippen LogP contribution in [0, 0.1) is 0 Å². The lowest BCUT2D eigenvalue weighted by atomic mass is 10.1. The molecule has 88 valence electrons. The molecule has 0 radical (unpaired) electrons. The van der Waals surface area contributed by atoms with Crippen LogP contribution in [0.1, 0.15) is 25.8 Å². The van der Waals surface area contributed by atoms with E-state index in [9.17, 15) is 8.42 Å². The van der Waals surface area contributed by atoms with E-state index in [1.54, 1.807) is 11.2 Å². The number of para-hydroxylation sites is 1. The van der Waals surface area contributed by atoms with Gasteiger partial charge in [0.25, 0.3) is 0 Å². The molecule has 2 rings (SSSR count). The van der Waals surface area contributed by atoms with Gasteiger partial charge in [-0.05, 0) is 31.4 Å². The lowest BCUT2D eigenvalue weighted by Gasteiger charge is -2.25. The quantitative estimate of drug-likeness (QED) is 0.810. The Labute approximate surface area is 97.1 Å². The zero-order valence-corrected chi connectivity index (χ0v) is 10.5. The van der Waals surface area contributed by atoms with Crippen LogP contribution in [0.25, 0.3) is 0 Å². The van der Waals surface area contributed by atoms with Crippen LogP contribution in [0.4, 0.5) is 5.69 Å². The number of nitrogens with zero attached hydrogens (tertiary/aromatic N) is 1. The molecule has 3 nitrogen and oxygen atoms in total. The average molecular weight is 239 g/mol. The molecule has 0 amide bonds. The Hall–Kier alpha value is -1.03.